The van der Waals surface area contributed by atoms with Gasteiger partial charge in [0.25, 0.3) is 0 Å². The van der Waals surface area contributed by atoms with Crippen molar-refractivity contribution in [3.8, 4) is 0 Å². The molecule has 0 aliphatic heterocycles. The number of nitrogens with one attached hydrogen (secondary N) is 1. The lowest BCUT2D eigenvalue weighted by Gasteiger charge is -2.18. The van der Waals surface area contributed by atoms with Crippen molar-refractivity contribution in [3.05, 3.63) is 42.4 Å². The number of nitrogens with zero attached hydrogens (tertiary/aromatic N) is 3. The highest BCUT2D eigenvalue weighted by atomic mass is 15.3. The number of rotatable bonds is 5. The third-order valence-corrected chi connectivity index (χ3v) is 3.06. The van der Waals surface area contributed by atoms with Gasteiger partial charge < -0.3 is 5.32 Å². The van der Waals surface area contributed by atoms with Crippen LogP contribution in [0.25, 0.3) is 0 Å². The number of hydrogen-bond acceptors (Lipinski definition) is 3. The van der Waals surface area contributed by atoms with E-state index in [0.717, 1.165) is 25.3 Å². The molecule has 2 heterocycles. The quantitative estimate of drug-likeness (QED) is 0.838. The first-order valence-corrected chi connectivity index (χ1v) is 6.73. The fourth-order valence-corrected chi connectivity index (χ4v) is 1.83. The number of aryl methyl sites for hydroxylation is 1. The molecule has 2 rings (SSSR count). The average molecular weight is 258 g/mol. The topological polar surface area (TPSA) is 42.7 Å². The van der Waals surface area contributed by atoms with Gasteiger partial charge in [-0.3, -0.25) is 4.68 Å². The summed E-state index contributed by atoms with van der Waals surface area (Å²) in [5.41, 5.74) is 1.42. The summed E-state index contributed by atoms with van der Waals surface area (Å²) in [4.78, 5) is 4.45. The van der Waals surface area contributed by atoms with Gasteiger partial charge in [-0.15, -0.1) is 0 Å². The molecule has 0 saturated carbocycles. The maximum atomic E-state index is 4.45. The molecule has 102 valence electrons. The van der Waals surface area contributed by atoms with E-state index in [2.05, 4.69) is 48.3 Å². The molecule has 4 nitrogen and oxygen atoms in total. The van der Waals surface area contributed by atoms with Gasteiger partial charge in [0.1, 0.15) is 5.82 Å². The first-order valence-electron chi connectivity index (χ1n) is 6.73. The van der Waals surface area contributed by atoms with Crippen molar-refractivity contribution in [1.82, 2.24) is 14.8 Å². The van der Waals surface area contributed by atoms with Crippen LogP contribution >= 0.6 is 0 Å². The van der Waals surface area contributed by atoms with Crippen LogP contribution in [0.4, 0.5) is 5.82 Å². The lowest BCUT2D eigenvalue weighted by Crippen LogP contribution is -2.12. The Balaban J connectivity index is 1.77. The highest BCUT2D eigenvalue weighted by molar-refractivity contribution is 5.36. The van der Waals surface area contributed by atoms with Gasteiger partial charge in [0.15, 0.2) is 0 Å². The minimum absolute atomic E-state index is 0.158. The van der Waals surface area contributed by atoms with Gasteiger partial charge in [0, 0.05) is 31.7 Å². The second-order valence-electron chi connectivity index (χ2n) is 5.73. The van der Waals surface area contributed by atoms with E-state index in [0.29, 0.717) is 0 Å². The minimum atomic E-state index is 0.158. The van der Waals surface area contributed by atoms with Gasteiger partial charge in [0.2, 0.25) is 0 Å². The summed E-state index contributed by atoms with van der Waals surface area (Å²) in [5, 5.41) is 7.51. The van der Waals surface area contributed by atoms with Crippen molar-refractivity contribution in [2.75, 3.05) is 11.9 Å². The van der Waals surface area contributed by atoms with Gasteiger partial charge in [-0.25, -0.2) is 4.98 Å². The predicted octanol–water partition coefficient (Wildman–Crippen LogP) is 3.08. The van der Waals surface area contributed by atoms with E-state index in [9.17, 15) is 0 Å². The van der Waals surface area contributed by atoms with Gasteiger partial charge in [-0.2, -0.15) is 5.10 Å². The molecule has 0 atom stereocenters. The van der Waals surface area contributed by atoms with E-state index in [4.69, 9.17) is 0 Å². The van der Waals surface area contributed by atoms with Crippen molar-refractivity contribution < 1.29 is 0 Å². The zero-order chi connectivity index (χ0) is 13.7. The molecule has 0 aliphatic carbocycles. The minimum Gasteiger partial charge on any atom is -0.370 e. The maximum Gasteiger partial charge on any atom is 0.125 e. The van der Waals surface area contributed by atoms with Crippen molar-refractivity contribution in [1.29, 1.82) is 0 Å². The van der Waals surface area contributed by atoms with E-state index in [1.54, 1.807) is 6.20 Å². The van der Waals surface area contributed by atoms with Crippen molar-refractivity contribution in [2.45, 2.75) is 39.2 Å². The molecule has 4 heteroatoms. The second kappa shape index (κ2) is 5.87. The van der Waals surface area contributed by atoms with Crippen LogP contribution in [0, 0.1) is 0 Å². The first-order chi connectivity index (χ1) is 9.05. The molecule has 0 amide bonds. The van der Waals surface area contributed by atoms with Crippen LogP contribution in [0.2, 0.25) is 0 Å². The lowest BCUT2D eigenvalue weighted by atomic mass is 9.88. The van der Waals surface area contributed by atoms with Gasteiger partial charge in [0.05, 0.1) is 0 Å². The molecule has 0 saturated heterocycles. The molecular weight excluding hydrogens is 236 g/mol. The molecule has 0 bridgehead atoms. The predicted molar refractivity (Wildman–Crippen MR) is 78.3 cm³/mol. The Labute approximate surface area is 114 Å². The Bertz CT molecular complexity index is 480. The molecule has 0 radical (unpaired) electrons. The van der Waals surface area contributed by atoms with E-state index in [1.165, 1.54) is 5.56 Å². The van der Waals surface area contributed by atoms with Crippen LogP contribution in [0.1, 0.15) is 32.8 Å². The van der Waals surface area contributed by atoms with Crippen LogP contribution in [-0.4, -0.2) is 21.3 Å². The Morgan fingerprint density at radius 3 is 2.68 bits per heavy atom. The monoisotopic (exact) mass is 258 g/mol. The zero-order valence-corrected chi connectivity index (χ0v) is 11.9. The van der Waals surface area contributed by atoms with Crippen LogP contribution < -0.4 is 5.32 Å². The second-order valence-corrected chi connectivity index (χ2v) is 5.73. The molecule has 0 unspecified atom stereocenters. The summed E-state index contributed by atoms with van der Waals surface area (Å²) in [6, 6.07) is 6.14. The Hall–Kier alpha value is -1.84. The summed E-state index contributed by atoms with van der Waals surface area (Å²) >= 11 is 0. The average Bonchev–Trinajstić information content (AvgIpc) is 2.87. The highest BCUT2D eigenvalue weighted by Gasteiger charge is 2.13. The van der Waals surface area contributed by atoms with Crippen LogP contribution in [0.15, 0.2) is 36.8 Å². The third-order valence-electron chi connectivity index (χ3n) is 3.06. The molecule has 19 heavy (non-hydrogen) atoms. The van der Waals surface area contributed by atoms with Gasteiger partial charge >= 0.3 is 0 Å². The van der Waals surface area contributed by atoms with Gasteiger partial charge in [-0.05, 0) is 29.5 Å². The van der Waals surface area contributed by atoms with E-state index in [1.807, 2.05) is 23.1 Å². The number of aromatic nitrogens is 3. The van der Waals surface area contributed by atoms with Crippen molar-refractivity contribution >= 4 is 5.82 Å². The van der Waals surface area contributed by atoms with Crippen LogP contribution in [-0.2, 0) is 12.0 Å². The summed E-state index contributed by atoms with van der Waals surface area (Å²) in [6.07, 6.45) is 6.77. The largest absolute Gasteiger partial charge is 0.370 e. The summed E-state index contributed by atoms with van der Waals surface area (Å²) < 4.78 is 1.94. The number of pyridine rings is 1. The van der Waals surface area contributed by atoms with Crippen LogP contribution in [0.5, 0.6) is 0 Å². The fourth-order valence-electron chi connectivity index (χ4n) is 1.83. The summed E-state index contributed by atoms with van der Waals surface area (Å²) in [7, 11) is 0. The zero-order valence-electron chi connectivity index (χ0n) is 11.9. The molecule has 2 aromatic heterocycles. The smallest absolute Gasteiger partial charge is 0.125 e. The van der Waals surface area contributed by atoms with Gasteiger partial charge in [-0.1, -0.05) is 26.8 Å². The first kappa shape index (κ1) is 13.6. The lowest BCUT2D eigenvalue weighted by molar-refractivity contribution is 0.586. The Morgan fingerprint density at radius 2 is 2.11 bits per heavy atom. The van der Waals surface area contributed by atoms with Crippen molar-refractivity contribution in [2.24, 2.45) is 0 Å². The third kappa shape index (κ3) is 4.09. The maximum absolute atomic E-state index is 4.45. The molecule has 0 aliphatic rings. The molecule has 1 N–H and O–H groups in total. The summed E-state index contributed by atoms with van der Waals surface area (Å²) in [6.45, 7) is 8.42. The van der Waals surface area contributed by atoms with Crippen LogP contribution in [0.3, 0.4) is 0 Å². The Morgan fingerprint density at radius 1 is 1.26 bits per heavy atom. The molecule has 0 aromatic carbocycles. The molecule has 0 spiro atoms. The number of anilines is 1. The van der Waals surface area contributed by atoms with Crippen molar-refractivity contribution in [3.63, 3.8) is 0 Å². The number of hydrogen-bond donors (Lipinski definition) is 1. The molecule has 2 aromatic rings. The fraction of sp³-hybridized carbons (Fsp3) is 0.467. The normalized spacial score (nSPS) is 11.5. The van der Waals surface area contributed by atoms with E-state index < -0.39 is 0 Å². The SMILES string of the molecule is CC(C)(C)c1ccc(NCCCn2cccn2)nc1. The summed E-state index contributed by atoms with van der Waals surface area (Å²) in [5.74, 6) is 0.938. The molecular formula is C15H22N4. The molecule has 0 fully saturated rings. The standard InChI is InChI=1S/C15H22N4/c1-15(2,3)13-6-7-14(17-12-13)16-8-4-10-19-11-5-9-18-19/h5-7,9,11-12H,4,8,10H2,1-3H3,(H,16,17). The Kier molecular flexibility index (Phi) is 4.20. The van der Waals surface area contributed by atoms with E-state index in [-0.39, 0.29) is 5.41 Å². The van der Waals surface area contributed by atoms with E-state index >= 15 is 0 Å². The highest BCUT2D eigenvalue weighted by Crippen LogP contribution is 2.21.